The number of hydrogen-bond acceptors (Lipinski definition) is 8. The van der Waals surface area contributed by atoms with Gasteiger partial charge in [0.2, 0.25) is 0 Å². The van der Waals surface area contributed by atoms with Gasteiger partial charge in [-0.1, -0.05) is 47.5 Å². The summed E-state index contributed by atoms with van der Waals surface area (Å²) in [6, 6.07) is 20.0. The van der Waals surface area contributed by atoms with Gasteiger partial charge >= 0.3 is 0 Å². The van der Waals surface area contributed by atoms with Gasteiger partial charge in [-0.05, 0) is 62.2 Å². The minimum Gasteiger partial charge on any atom is -0.497 e. The van der Waals surface area contributed by atoms with Gasteiger partial charge in [0, 0.05) is 12.5 Å². The molecule has 0 radical (unpaired) electrons. The number of aryl methyl sites for hydroxylation is 2. The van der Waals surface area contributed by atoms with Crippen molar-refractivity contribution in [3.8, 4) is 5.75 Å². The first-order valence-electron chi connectivity index (χ1n) is 11.7. The second-order valence-electron chi connectivity index (χ2n) is 8.66. The Hall–Kier alpha value is -2.76. The highest BCUT2D eigenvalue weighted by atomic mass is 32.2. The third-order valence-corrected chi connectivity index (χ3v) is 8.23. The minimum absolute atomic E-state index is 0.0285. The number of hydrogen-bond donors (Lipinski definition) is 0. The van der Waals surface area contributed by atoms with Gasteiger partial charge in [0.1, 0.15) is 5.75 Å². The Morgan fingerprint density at radius 3 is 1.57 bits per heavy atom. The smallest absolute Gasteiger partial charge is 0.296 e. The average molecular weight is 549 g/mol. The molecule has 0 heterocycles. The van der Waals surface area contributed by atoms with Crippen molar-refractivity contribution in [1.82, 2.24) is 0 Å². The first-order valence-corrected chi connectivity index (χ1v) is 14.5. The molecule has 0 atom stereocenters. The van der Waals surface area contributed by atoms with E-state index in [0.29, 0.717) is 13.0 Å². The highest BCUT2D eigenvalue weighted by Gasteiger charge is 2.22. The Kier molecular flexibility index (Phi) is 10.2. The standard InChI is InChI=1S/C27H32O8S2/c1-21-4-12-26(13-5-21)36(28,29)34-19-24(16-17-33-18-23-8-10-25(32-3)11-9-23)20-35-37(30,31)27-14-6-22(2)7-15-27/h4-15,24H,16-20H2,1-3H3. The van der Waals surface area contributed by atoms with Crippen molar-refractivity contribution in [3.63, 3.8) is 0 Å². The number of methoxy groups -OCH3 is 1. The zero-order valence-electron chi connectivity index (χ0n) is 21.1. The topological polar surface area (TPSA) is 105 Å². The summed E-state index contributed by atoms with van der Waals surface area (Å²) in [5, 5.41) is 0. The summed E-state index contributed by atoms with van der Waals surface area (Å²) in [7, 11) is -6.45. The fourth-order valence-electron chi connectivity index (χ4n) is 3.29. The van der Waals surface area contributed by atoms with Gasteiger partial charge in [-0.15, -0.1) is 0 Å². The molecule has 0 aliphatic carbocycles. The summed E-state index contributed by atoms with van der Waals surface area (Å²) in [5.74, 6) is 0.180. The molecule has 0 fully saturated rings. The third kappa shape index (κ3) is 8.94. The third-order valence-electron chi connectivity index (χ3n) is 5.64. The van der Waals surface area contributed by atoms with Crippen molar-refractivity contribution in [2.45, 2.75) is 36.7 Å². The largest absolute Gasteiger partial charge is 0.497 e. The van der Waals surface area contributed by atoms with Crippen molar-refractivity contribution >= 4 is 20.2 Å². The van der Waals surface area contributed by atoms with Crippen LogP contribution in [0.5, 0.6) is 5.75 Å². The molecule has 0 saturated carbocycles. The van der Waals surface area contributed by atoms with Crippen LogP contribution in [0.2, 0.25) is 0 Å². The lowest BCUT2D eigenvalue weighted by Crippen LogP contribution is -2.23. The summed E-state index contributed by atoms with van der Waals surface area (Å²) in [5.41, 5.74) is 2.77. The van der Waals surface area contributed by atoms with Crippen LogP contribution in [0.3, 0.4) is 0 Å². The quantitative estimate of drug-likeness (QED) is 0.212. The number of ether oxygens (including phenoxy) is 2. The van der Waals surface area contributed by atoms with Crippen molar-refractivity contribution < 1.29 is 34.7 Å². The predicted octanol–water partition coefficient (Wildman–Crippen LogP) is 4.65. The van der Waals surface area contributed by atoms with E-state index in [1.807, 2.05) is 38.1 Å². The molecule has 0 unspecified atom stereocenters. The maximum Gasteiger partial charge on any atom is 0.296 e. The molecule has 0 bridgehead atoms. The molecule has 0 aliphatic heterocycles. The average Bonchev–Trinajstić information content (AvgIpc) is 2.88. The molecule has 0 amide bonds. The second kappa shape index (κ2) is 13.2. The van der Waals surface area contributed by atoms with E-state index >= 15 is 0 Å². The van der Waals surface area contributed by atoms with Gasteiger partial charge in [-0.25, -0.2) is 0 Å². The fourth-order valence-corrected chi connectivity index (χ4v) is 5.25. The lowest BCUT2D eigenvalue weighted by atomic mass is 10.1. The van der Waals surface area contributed by atoms with Crippen molar-refractivity contribution in [1.29, 1.82) is 0 Å². The monoisotopic (exact) mass is 548 g/mol. The maximum absolute atomic E-state index is 12.6. The van der Waals surface area contributed by atoms with Crippen LogP contribution < -0.4 is 4.74 Å². The molecule has 0 aliphatic rings. The van der Waals surface area contributed by atoms with E-state index in [1.54, 1.807) is 31.4 Å². The van der Waals surface area contributed by atoms with Crippen LogP contribution in [0, 0.1) is 19.8 Å². The molecule has 8 nitrogen and oxygen atoms in total. The molecule has 200 valence electrons. The van der Waals surface area contributed by atoms with Crippen molar-refractivity contribution in [2.24, 2.45) is 5.92 Å². The summed E-state index contributed by atoms with van der Waals surface area (Å²) in [6.07, 6.45) is 0.322. The first kappa shape index (κ1) is 28.8. The fraction of sp³-hybridized carbons (Fsp3) is 0.333. The Bertz CT molecular complexity index is 1250. The highest BCUT2D eigenvalue weighted by Crippen LogP contribution is 2.19. The molecule has 0 aromatic heterocycles. The van der Waals surface area contributed by atoms with E-state index in [0.717, 1.165) is 22.4 Å². The molecule has 0 saturated heterocycles. The molecule has 3 aromatic carbocycles. The molecule has 10 heteroatoms. The second-order valence-corrected chi connectivity index (χ2v) is 11.9. The summed E-state index contributed by atoms with van der Waals surface area (Å²) in [4.78, 5) is 0.0570. The Balaban J connectivity index is 1.62. The molecule has 3 rings (SSSR count). The molecule has 0 N–H and O–H groups in total. The first-order chi connectivity index (χ1) is 17.6. The Morgan fingerprint density at radius 2 is 1.14 bits per heavy atom. The number of benzene rings is 3. The zero-order chi connectivity index (χ0) is 26.9. The molecule has 3 aromatic rings. The molecular weight excluding hydrogens is 516 g/mol. The van der Waals surface area contributed by atoms with Crippen LogP contribution in [0.25, 0.3) is 0 Å². The van der Waals surface area contributed by atoms with Crippen molar-refractivity contribution in [2.75, 3.05) is 26.9 Å². The van der Waals surface area contributed by atoms with E-state index in [-0.39, 0.29) is 29.6 Å². The van der Waals surface area contributed by atoms with Crippen LogP contribution in [-0.2, 0) is 39.9 Å². The van der Waals surface area contributed by atoms with E-state index in [9.17, 15) is 16.8 Å². The molecular formula is C27H32O8S2. The lowest BCUT2D eigenvalue weighted by Gasteiger charge is -2.17. The Morgan fingerprint density at radius 1 is 0.676 bits per heavy atom. The predicted molar refractivity (Wildman–Crippen MR) is 139 cm³/mol. The van der Waals surface area contributed by atoms with E-state index in [2.05, 4.69) is 0 Å². The van der Waals surface area contributed by atoms with E-state index < -0.39 is 26.2 Å². The number of rotatable bonds is 14. The van der Waals surface area contributed by atoms with E-state index in [4.69, 9.17) is 17.8 Å². The maximum atomic E-state index is 12.6. The summed E-state index contributed by atoms with van der Waals surface area (Å²) >= 11 is 0. The highest BCUT2D eigenvalue weighted by molar-refractivity contribution is 7.87. The SMILES string of the molecule is COc1ccc(COCCC(COS(=O)(=O)c2ccc(C)cc2)COS(=O)(=O)c2ccc(C)cc2)cc1. The van der Waals surface area contributed by atoms with Crippen LogP contribution >= 0.6 is 0 Å². The van der Waals surface area contributed by atoms with Gasteiger partial charge in [0.05, 0.1) is 36.7 Å². The Labute approximate surface area is 219 Å². The summed E-state index contributed by atoms with van der Waals surface area (Å²) in [6.45, 7) is 3.77. The van der Waals surface area contributed by atoms with Gasteiger partial charge in [0.25, 0.3) is 20.2 Å². The summed E-state index contributed by atoms with van der Waals surface area (Å²) < 4.78 is 72.0. The van der Waals surface area contributed by atoms with Crippen LogP contribution in [0.1, 0.15) is 23.1 Å². The lowest BCUT2D eigenvalue weighted by molar-refractivity contribution is 0.0862. The van der Waals surface area contributed by atoms with E-state index in [1.165, 1.54) is 24.3 Å². The van der Waals surface area contributed by atoms with Crippen molar-refractivity contribution in [3.05, 3.63) is 89.5 Å². The van der Waals surface area contributed by atoms with Crippen LogP contribution in [0.15, 0.2) is 82.6 Å². The van der Waals surface area contributed by atoms with Gasteiger partial charge < -0.3 is 9.47 Å². The van der Waals surface area contributed by atoms with Gasteiger partial charge in [-0.3, -0.25) is 8.37 Å². The molecule has 37 heavy (non-hydrogen) atoms. The molecule has 0 spiro atoms. The van der Waals surface area contributed by atoms with Crippen LogP contribution in [0.4, 0.5) is 0 Å². The normalized spacial score (nSPS) is 12.1. The van der Waals surface area contributed by atoms with Gasteiger partial charge in [-0.2, -0.15) is 16.8 Å². The minimum atomic E-state index is -4.02. The van der Waals surface area contributed by atoms with Crippen LogP contribution in [-0.4, -0.2) is 43.8 Å². The zero-order valence-corrected chi connectivity index (χ0v) is 22.8. The van der Waals surface area contributed by atoms with Gasteiger partial charge in [0.15, 0.2) is 0 Å².